The second-order valence-electron chi connectivity index (χ2n) is 6.26. The van der Waals surface area contributed by atoms with Crippen molar-refractivity contribution in [1.82, 2.24) is 5.32 Å². The largest absolute Gasteiger partial charge is 0.493 e. The molecular formula is C21H27N3O4. The smallest absolute Gasteiger partial charge is 0.319 e. The Bertz CT molecular complexity index is 791. The number of benzene rings is 2. The van der Waals surface area contributed by atoms with Crippen LogP contribution in [0, 0.1) is 0 Å². The molecule has 0 atom stereocenters. The van der Waals surface area contributed by atoms with Crippen molar-refractivity contribution in [2.75, 3.05) is 24.3 Å². The van der Waals surface area contributed by atoms with Crippen molar-refractivity contribution in [3.8, 4) is 17.2 Å². The van der Waals surface area contributed by atoms with Gasteiger partial charge in [0, 0.05) is 30.9 Å². The van der Waals surface area contributed by atoms with Gasteiger partial charge in [-0.15, -0.1) is 0 Å². The molecule has 3 amide bonds. The van der Waals surface area contributed by atoms with Gasteiger partial charge in [-0.2, -0.15) is 0 Å². The SMILES string of the molecule is CCCCCNC(=O)Nc1ccc(Oc2ccc(NC(C)=O)cc2)c(OC)c1. The summed E-state index contributed by atoms with van der Waals surface area (Å²) in [4.78, 5) is 23.0. The van der Waals surface area contributed by atoms with Gasteiger partial charge in [0.15, 0.2) is 11.5 Å². The van der Waals surface area contributed by atoms with E-state index in [-0.39, 0.29) is 11.9 Å². The average molecular weight is 385 g/mol. The molecule has 0 aliphatic rings. The van der Waals surface area contributed by atoms with E-state index in [0.29, 0.717) is 35.2 Å². The van der Waals surface area contributed by atoms with E-state index in [1.807, 2.05) is 0 Å². The maximum absolute atomic E-state index is 11.9. The molecule has 3 N–H and O–H groups in total. The maximum Gasteiger partial charge on any atom is 0.319 e. The summed E-state index contributed by atoms with van der Waals surface area (Å²) in [5.74, 6) is 1.48. The van der Waals surface area contributed by atoms with Crippen molar-refractivity contribution in [1.29, 1.82) is 0 Å². The summed E-state index contributed by atoms with van der Waals surface area (Å²) >= 11 is 0. The highest BCUT2D eigenvalue weighted by molar-refractivity contribution is 5.89. The van der Waals surface area contributed by atoms with Crippen molar-refractivity contribution >= 4 is 23.3 Å². The van der Waals surface area contributed by atoms with Crippen LogP contribution in [0.5, 0.6) is 17.2 Å². The predicted octanol–water partition coefficient (Wildman–Crippen LogP) is 4.76. The summed E-state index contributed by atoms with van der Waals surface area (Å²) in [7, 11) is 1.54. The molecule has 2 aromatic carbocycles. The van der Waals surface area contributed by atoms with E-state index < -0.39 is 0 Å². The number of rotatable bonds is 9. The van der Waals surface area contributed by atoms with Crippen LogP contribution in [0.25, 0.3) is 0 Å². The summed E-state index contributed by atoms with van der Waals surface area (Å²) < 4.78 is 11.2. The van der Waals surface area contributed by atoms with E-state index in [0.717, 1.165) is 19.3 Å². The number of hydrogen-bond acceptors (Lipinski definition) is 4. The van der Waals surface area contributed by atoms with Crippen molar-refractivity contribution in [3.05, 3.63) is 42.5 Å². The molecule has 0 saturated carbocycles. The minimum atomic E-state index is -0.250. The molecule has 0 aliphatic carbocycles. The molecule has 150 valence electrons. The van der Waals surface area contributed by atoms with Gasteiger partial charge in [0.2, 0.25) is 5.91 Å². The standard InChI is InChI=1S/C21H27N3O4/c1-4-5-6-13-22-21(26)24-17-9-12-19(20(14-17)27-3)28-18-10-7-16(8-11-18)23-15(2)25/h7-12,14H,4-6,13H2,1-3H3,(H,23,25)(H2,22,24,26). The fourth-order valence-electron chi connectivity index (χ4n) is 2.52. The summed E-state index contributed by atoms with van der Waals surface area (Å²) in [6.07, 6.45) is 3.16. The van der Waals surface area contributed by atoms with Crippen LogP contribution in [-0.4, -0.2) is 25.6 Å². The Kier molecular flexibility index (Phi) is 8.14. The highest BCUT2D eigenvalue weighted by Crippen LogP contribution is 2.34. The molecule has 0 radical (unpaired) electrons. The van der Waals surface area contributed by atoms with Crippen LogP contribution in [0.3, 0.4) is 0 Å². The molecule has 7 nitrogen and oxygen atoms in total. The van der Waals surface area contributed by atoms with Crippen molar-refractivity contribution in [3.63, 3.8) is 0 Å². The van der Waals surface area contributed by atoms with Crippen molar-refractivity contribution < 1.29 is 19.1 Å². The van der Waals surface area contributed by atoms with E-state index in [9.17, 15) is 9.59 Å². The molecule has 0 aliphatic heterocycles. The van der Waals surface area contributed by atoms with Crippen LogP contribution in [0.4, 0.5) is 16.2 Å². The number of methoxy groups -OCH3 is 1. The lowest BCUT2D eigenvalue weighted by molar-refractivity contribution is -0.114. The lowest BCUT2D eigenvalue weighted by Crippen LogP contribution is -2.29. The average Bonchev–Trinajstić information content (AvgIpc) is 2.67. The second-order valence-corrected chi connectivity index (χ2v) is 6.26. The predicted molar refractivity (Wildman–Crippen MR) is 110 cm³/mol. The van der Waals surface area contributed by atoms with Gasteiger partial charge in [0.25, 0.3) is 0 Å². The molecule has 0 heterocycles. The lowest BCUT2D eigenvalue weighted by Gasteiger charge is -2.13. The minimum absolute atomic E-state index is 0.132. The number of anilines is 2. The van der Waals surface area contributed by atoms with E-state index in [2.05, 4.69) is 22.9 Å². The van der Waals surface area contributed by atoms with Crippen LogP contribution >= 0.6 is 0 Å². The molecule has 0 saturated heterocycles. The number of carbonyl (C=O) groups is 2. The van der Waals surface area contributed by atoms with Crippen LogP contribution in [-0.2, 0) is 4.79 Å². The summed E-state index contributed by atoms with van der Waals surface area (Å²) in [6, 6.07) is 11.9. The molecule has 7 heteroatoms. The minimum Gasteiger partial charge on any atom is -0.493 e. The first-order valence-electron chi connectivity index (χ1n) is 9.30. The van der Waals surface area contributed by atoms with Crippen molar-refractivity contribution in [2.45, 2.75) is 33.1 Å². The number of urea groups is 1. The normalized spacial score (nSPS) is 10.1. The number of unbranched alkanes of at least 4 members (excludes halogenated alkanes) is 2. The molecule has 0 bridgehead atoms. The Morgan fingerprint density at radius 2 is 1.64 bits per heavy atom. The Hall–Kier alpha value is -3.22. The van der Waals surface area contributed by atoms with Crippen LogP contribution < -0.4 is 25.4 Å². The first kappa shape index (κ1) is 21.1. The molecule has 28 heavy (non-hydrogen) atoms. The number of ether oxygens (including phenoxy) is 2. The summed E-state index contributed by atoms with van der Waals surface area (Å²) in [5, 5.41) is 8.31. The number of amides is 3. The Labute approximate surface area is 165 Å². The first-order valence-corrected chi connectivity index (χ1v) is 9.30. The van der Waals surface area contributed by atoms with Gasteiger partial charge in [-0.3, -0.25) is 4.79 Å². The zero-order chi connectivity index (χ0) is 20.4. The third kappa shape index (κ3) is 6.83. The van der Waals surface area contributed by atoms with E-state index >= 15 is 0 Å². The third-order valence-corrected chi connectivity index (χ3v) is 3.89. The highest BCUT2D eigenvalue weighted by Gasteiger charge is 2.09. The zero-order valence-corrected chi connectivity index (χ0v) is 16.5. The molecule has 0 aromatic heterocycles. The van der Waals surface area contributed by atoms with Crippen molar-refractivity contribution in [2.24, 2.45) is 0 Å². The van der Waals surface area contributed by atoms with E-state index in [1.54, 1.807) is 42.5 Å². The molecule has 2 aromatic rings. The van der Waals surface area contributed by atoms with Crippen LogP contribution in [0.15, 0.2) is 42.5 Å². The second kappa shape index (κ2) is 10.8. The van der Waals surface area contributed by atoms with Crippen LogP contribution in [0.1, 0.15) is 33.1 Å². The van der Waals surface area contributed by atoms with E-state index in [4.69, 9.17) is 9.47 Å². The monoisotopic (exact) mass is 385 g/mol. The fourth-order valence-corrected chi connectivity index (χ4v) is 2.52. The molecule has 0 spiro atoms. The first-order chi connectivity index (χ1) is 13.5. The third-order valence-electron chi connectivity index (χ3n) is 3.89. The van der Waals surface area contributed by atoms with Gasteiger partial charge in [0.05, 0.1) is 7.11 Å². The topological polar surface area (TPSA) is 88.7 Å². The summed E-state index contributed by atoms with van der Waals surface area (Å²) in [5.41, 5.74) is 1.30. The Balaban J connectivity index is 1.98. The molecule has 0 fully saturated rings. The Morgan fingerprint density at radius 3 is 2.29 bits per heavy atom. The maximum atomic E-state index is 11.9. The van der Waals surface area contributed by atoms with E-state index in [1.165, 1.54) is 14.0 Å². The Morgan fingerprint density at radius 1 is 0.929 bits per heavy atom. The van der Waals surface area contributed by atoms with Gasteiger partial charge < -0.3 is 25.4 Å². The highest BCUT2D eigenvalue weighted by atomic mass is 16.5. The van der Waals surface area contributed by atoms with Gasteiger partial charge in [-0.25, -0.2) is 4.79 Å². The number of carbonyl (C=O) groups excluding carboxylic acids is 2. The number of hydrogen-bond donors (Lipinski definition) is 3. The van der Waals surface area contributed by atoms with Gasteiger partial charge in [-0.05, 0) is 42.8 Å². The number of nitrogens with one attached hydrogen (secondary N) is 3. The van der Waals surface area contributed by atoms with Gasteiger partial charge in [-0.1, -0.05) is 19.8 Å². The molecular weight excluding hydrogens is 358 g/mol. The quantitative estimate of drug-likeness (QED) is 0.543. The van der Waals surface area contributed by atoms with Gasteiger partial charge in [0.1, 0.15) is 5.75 Å². The zero-order valence-electron chi connectivity index (χ0n) is 16.5. The fraction of sp³-hybridized carbons (Fsp3) is 0.333. The molecule has 0 unspecified atom stereocenters. The molecule has 2 rings (SSSR count). The van der Waals surface area contributed by atoms with Gasteiger partial charge >= 0.3 is 6.03 Å². The summed E-state index contributed by atoms with van der Waals surface area (Å²) in [6.45, 7) is 4.22. The van der Waals surface area contributed by atoms with Crippen LogP contribution in [0.2, 0.25) is 0 Å². The lowest BCUT2D eigenvalue weighted by atomic mass is 10.2.